The fraction of sp³-hybridized carbons (Fsp3) is 1.00. The molecular weight excluding hydrogens is 186 g/mol. The molecule has 0 amide bonds. The van der Waals surface area contributed by atoms with Gasteiger partial charge in [0.1, 0.15) is 0 Å². The lowest BCUT2D eigenvalue weighted by atomic mass is 10.5. The highest BCUT2D eigenvalue weighted by molar-refractivity contribution is 6.62. The van der Waals surface area contributed by atoms with Crippen LogP contribution in [0.4, 0.5) is 0 Å². The zero-order valence-corrected chi connectivity index (χ0v) is 10.2. The lowest BCUT2D eigenvalue weighted by Gasteiger charge is -2.32. The summed E-state index contributed by atoms with van der Waals surface area (Å²) in [6, 6.07) is 0. The Kier molecular flexibility index (Phi) is 5.74. The van der Waals surface area contributed by atoms with Crippen LogP contribution in [0.5, 0.6) is 0 Å². The summed E-state index contributed by atoms with van der Waals surface area (Å²) in [5.41, 5.74) is 5.76. The van der Waals surface area contributed by atoms with E-state index >= 15 is 0 Å². The largest absolute Gasteiger partial charge is 0.518 e. The molecule has 0 radical (unpaired) electrons. The highest BCUT2D eigenvalue weighted by atomic mass is 28.4. The molecule has 0 aromatic rings. The Balaban J connectivity index is 4.48. The normalized spacial score (nSPS) is 15.0. The third-order valence-electron chi connectivity index (χ3n) is 1.86. The van der Waals surface area contributed by atoms with Gasteiger partial charge in [0, 0.05) is 20.3 Å². The Morgan fingerprint density at radius 1 is 1.23 bits per heavy atom. The van der Waals surface area contributed by atoms with Crippen molar-refractivity contribution in [2.24, 2.45) is 5.73 Å². The molecule has 0 rings (SSSR count). The number of hydrogen-bond donors (Lipinski definition) is 1. The van der Waals surface area contributed by atoms with Gasteiger partial charge in [-0.3, -0.25) is 0 Å². The zero-order valence-electron chi connectivity index (χ0n) is 9.16. The van der Waals surface area contributed by atoms with E-state index in [9.17, 15) is 0 Å². The Morgan fingerprint density at radius 2 is 1.69 bits per heavy atom. The quantitative estimate of drug-likeness (QED) is 0.658. The van der Waals surface area contributed by atoms with Gasteiger partial charge in [0.25, 0.3) is 0 Å². The van der Waals surface area contributed by atoms with E-state index in [1.54, 1.807) is 14.2 Å². The Labute approximate surface area is 81.7 Å². The molecule has 4 nitrogen and oxygen atoms in total. The second kappa shape index (κ2) is 5.72. The first-order valence-corrected chi connectivity index (χ1v) is 6.36. The first kappa shape index (κ1) is 13.1. The molecule has 0 bridgehead atoms. The molecular formula is C8H21NO3Si. The third-order valence-corrected chi connectivity index (χ3v) is 5.12. The van der Waals surface area contributed by atoms with Gasteiger partial charge >= 0.3 is 8.80 Å². The van der Waals surface area contributed by atoms with Crippen molar-refractivity contribution in [3.8, 4) is 0 Å². The molecule has 0 aromatic heterocycles. The summed E-state index contributed by atoms with van der Waals surface area (Å²) >= 11 is 0. The average molecular weight is 207 g/mol. The van der Waals surface area contributed by atoms with Crippen LogP contribution in [0.2, 0.25) is 0 Å². The van der Waals surface area contributed by atoms with E-state index in [0.717, 1.165) is 6.42 Å². The minimum Gasteiger partial charge on any atom is -0.376 e. The summed E-state index contributed by atoms with van der Waals surface area (Å²) in [5.74, 6) is 0. The number of hydrogen-bond acceptors (Lipinski definition) is 4. The van der Waals surface area contributed by atoms with Crippen LogP contribution in [-0.4, -0.2) is 34.8 Å². The van der Waals surface area contributed by atoms with Crippen LogP contribution >= 0.6 is 0 Å². The van der Waals surface area contributed by atoms with Crippen LogP contribution in [0.3, 0.4) is 0 Å². The molecule has 0 spiro atoms. The molecule has 1 atom stereocenters. The summed E-state index contributed by atoms with van der Waals surface area (Å²) in [6.45, 7) is 5.89. The van der Waals surface area contributed by atoms with Crippen molar-refractivity contribution < 1.29 is 13.3 Å². The Morgan fingerprint density at radius 3 is 1.92 bits per heavy atom. The van der Waals surface area contributed by atoms with Gasteiger partial charge in [-0.1, -0.05) is 6.92 Å². The van der Waals surface area contributed by atoms with Crippen LogP contribution in [-0.2, 0) is 13.3 Å². The van der Waals surface area contributed by atoms with Gasteiger partial charge in [0.05, 0.1) is 5.67 Å². The number of nitrogens with two attached hydrogens (primary N) is 1. The number of rotatable bonds is 6. The van der Waals surface area contributed by atoms with Gasteiger partial charge in [-0.15, -0.1) is 0 Å². The maximum absolute atomic E-state index is 5.91. The minimum atomic E-state index is -2.63. The van der Waals surface area contributed by atoms with Crippen molar-refractivity contribution in [3.63, 3.8) is 0 Å². The van der Waals surface area contributed by atoms with Crippen LogP contribution in [0.15, 0.2) is 0 Å². The van der Waals surface area contributed by atoms with Crippen LogP contribution in [0.25, 0.3) is 0 Å². The first-order chi connectivity index (χ1) is 6.02. The van der Waals surface area contributed by atoms with Crippen LogP contribution in [0.1, 0.15) is 27.2 Å². The summed E-state index contributed by atoms with van der Waals surface area (Å²) in [4.78, 5) is 0. The van der Waals surface area contributed by atoms with Gasteiger partial charge in [-0.25, -0.2) is 0 Å². The topological polar surface area (TPSA) is 53.7 Å². The van der Waals surface area contributed by atoms with Crippen molar-refractivity contribution in [2.45, 2.75) is 39.0 Å². The van der Waals surface area contributed by atoms with E-state index < -0.39 is 8.80 Å². The Bertz CT molecular complexity index is 139. The molecule has 0 saturated heterocycles. The van der Waals surface area contributed by atoms with E-state index in [0.29, 0.717) is 0 Å². The Hall–Kier alpha value is 0.0569. The molecule has 5 heteroatoms. The standard InChI is InChI=1S/C8H21NO3Si/c1-6-8(9)13(10-4,11-5)12-7(2)3/h7-8H,6,9H2,1-5H3. The van der Waals surface area contributed by atoms with E-state index in [1.807, 2.05) is 20.8 Å². The summed E-state index contributed by atoms with van der Waals surface area (Å²) in [5, 5.41) is 0. The van der Waals surface area contributed by atoms with Crippen molar-refractivity contribution >= 4 is 8.80 Å². The van der Waals surface area contributed by atoms with E-state index in [-0.39, 0.29) is 11.8 Å². The molecule has 2 N–H and O–H groups in total. The minimum absolute atomic E-state index is 0.0733. The summed E-state index contributed by atoms with van der Waals surface area (Å²) < 4.78 is 16.3. The van der Waals surface area contributed by atoms with Crippen molar-refractivity contribution in [2.75, 3.05) is 14.2 Å². The van der Waals surface area contributed by atoms with Crippen LogP contribution in [0, 0.1) is 0 Å². The smallest absolute Gasteiger partial charge is 0.376 e. The molecule has 0 aromatic carbocycles. The molecule has 0 aliphatic heterocycles. The fourth-order valence-corrected chi connectivity index (χ4v) is 3.44. The third kappa shape index (κ3) is 3.36. The predicted octanol–water partition coefficient (Wildman–Crippen LogP) is 0.920. The van der Waals surface area contributed by atoms with Crippen LogP contribution < -0.4 is 5.73 Å². The van der Waals surface area contributed by atoms with Gasteiger partial charge in [0.15, 0.2) is 0 Å². The molecule has 0 aliphatic rings. The van der Waals surface area contributed by atoms with Gasteiger partial charge in [-0.2, -0.15) is 0 Å². The summed E-state index contributed by atoms with van der Waals surface area (Å²) in [7, 11) is 0.550. The van der Waals surface area contributed by atoms with Crippen molar-refractivity contribution in [3.05, 3.63) is 0 Å². The molecule has 80 valence electrons. The lowest BCUT2D eigenvalue weighted by Crippen LogP contribution is -2.59. The van der Waals surface area contributed by atoms with E-state index in [1.165, 1.54) is 0 Å². The molecule has 0 fully saturated rings. The maximum atomic E-state index is 5.91. The van der Waals surface area contributed by atoms with Gasteiger partial charge in [0.2, 0.25) is 0 Å². The predicted molar refractivity (Wildman–Crippen MR) is 54.3 cm³/mol. The van der Waals surface area contributed by atoms with Crippen molar-refractivity contribution in [1.29, 1.82) is 0 Å². The van der Waals surface area contributed by atoms with Gasteiger partial charge in [-0.05, 0) is 20.3 Å². The second-order valence-corrected chi connectivity index (χ2v) is 6.19. The van der Waals surface area contributed by atoms with Crippen molar-refractivity contribution in [1.82, 2.24) is 0 Å². The molecule has 0 saturated carbocycles. The maximum Gasteiger partial charge on any atom is 0.518 e. The molecule has 0 aliphatic carbocycles. The fourth-order valence-electron chi connectivity index (χ4n) is 1.15. The first-order valence-electron chi connectivity index (χ1n) is 4.56. The SMILES string of the molecule is CCC(N)[Si](OC)(OC)OC(C)C. The average Bonchev–Trinajstić information content (AvgIpc) is 2.12. The highest BCUT2D eigenvalue weighted by Gasteiger charge is 2.46. The van der Waals surface area contributed by atoms with E-state index in [4.69, 9.17) is 19.0 Å². The molecule has 13 heavy (non-hydrogen) atoms. The molecule has 0 heterocycles. The van der Waals surface area contributed by atoms with E-state index in [2.05, 4.69) is 0 Å². The van der Waals surface area contributed by atoms with Gasteiger partial charge < -0.3 is 19.0 Å². The monoisotopic (exact) mass is 207 g/mol. The zero-order chi connectivity index (χ0) is 10.5. The summed E-state index contributed by atoms with van der Waals surface area (Å²) in [6.07, 6.45) is 0.866. The molecule has 1 unspecified atom stereocenters. The second-order valence-electron chi connectivity index (χ2n) is 3.19. The lowest BCUT2D eigenvalue weighted by molar-refractivity contribution is 0.0609. The highest BCUT2D eigenvalue weighted by Crippen LogP contribution is 2.15.